The van der Waals surface area contributed by atoms with E-state index in [1.165, 1.54) is 16.0 Å². The van der Waals surface area contributed by atoms with Crippen LogP contribution in [0.2, 0.25) is 0 Å². The summed E-state index contributed by atoms with van der Waals surface area (Å²) in [6.45, 7) is 8.44. The molecule has 1 aliphatic rings. The molecule has 0 saturated heterocycles. The van der Waals surface area contributed by atoms with Gasteiger partial charge in [-0.3, -0.25) is 4.90 Å². The fourth-order valence-corrected chi connectivity index (χ4v) is 3.97. The van der Waals surface area contributed by atoms with Crippen LogP contribution in [0.5, 0.6) is 5.75 Å². The van der Waals surface area contributed by atoms with Crippen LogP contribution in [-0.2, 0) is 19.5 Å². The minimum absolute atomic E-state index is 0.229. The summed E-state index contributed by atoms with van der Waals surface area (Å²) in [5.41, 5.74) is 5.65. The first-order valence-electron chi connectivity index (χ1n) is 9.17. The summed E-state index contributed by atoms with van der Waals surface area (Å²) < 4.78 is 11.7. The summed E-state index contributed by atoms with van der Waals surface area (Å²) in [4.78, 5) is 13.6. The lowest BCUT2D eigenvalue weighted by Gasteiger charge is -2.28. The number of nitrogens with one attached hydrogen (secondary N) is 1. The molecule has 4 rings (SSSR count). The zero-order valence-electron chi connectivity index (χ0n) is 15.5. The number of hydrogen-bond acceptors (Lipinski definition) is 3. The van der Waals surface area contributed by atoms with Gasteiger partial charge in [0.1, 0.15) is 24.4 Å². The van der Waals surface area contributed by atoms with Crippen LogP contribution in [-0.4, -0.2) is 6.73 Å². The molecule has 1 aromatic heterocycles. The molecule has 26 heavy (non-hydrogen) atoms. The molecule has 0 fully saturated rings. The molecule has 1 atom stereocenters. The number of rotatable bonds is 3. The molecule has 0 aliphatic carbocycles. The van der Waals surface area contributed by atoms with E-state index in [0.29, 0.717) is 18.7 Å². The molecular formula is C22H24NO3+. The highest BCUT2D eigenvalue weighted by Crippen LogP contribution is 2.34. The Balaban J connectivity index is 1.75. The van der Waals surface area contributed by atoms with Gasteiger partial charge in [-0.1, -0.05) is 37.3 Å². The predicted octanol–water partition coefficient (Wildman–Crippen LogP) is 2.91. The van der Waals surface area contributed by atoms with Gasteiger partial charge in [0.15, 0.2) is 0 Å². The van der Waals surface area contributed by atoms with Gasteiger partial charge in [-0.15, -0.1) is 0 Å². The minimum atomic E-state index is -0.229. The molecule has 0 saturated carbocycles. The summed E-state index contributed by atoms with van der Waals surface area (Å²) in [5, 5.41) is 1.03. The molecule has 1 aliphatic heterocycles. The number of fused-ring (bicyclic) bond motifs is 2. The highest BCUT2D eigenvalue weighted by atomic mass is 16.5. The van der Waals surface area contributed by atoms with Crippen molar-refractivity contribution in [3.8, 4) is 5.75 Å². The van der Waals surface area contributed by atoms with E-state index in [1.807, 2.05) is 26.8 Å². The molecule has 2 aromatic carbocycles. The maximum absolute atomic E-state index is 12.2. The van der Waals surface area contributed by atoms with Crippen molar-refractivity contribution in [2.75, 3.05) is 6.73 Å². The van der Waals surface area contributed by atoms with Gasteiger partial charge in [-0.2, -0.15) is 0 Å². The second-order valence-corrected chi connectivity index (χ2v) is 7.09. The molecule has 4 heteroatoms. The van der Waals surface area contributed by atoms with Crippen LogP contribution in [0.25, 0.3) is 11.0 Å². The molecule has 4 nitrogen and oxygen atoms in total. The van der Waals surface area contributed by atoms with Crippen molar-refractivity contribution in [2.45, 2.75) is 40.3 Å². The molecule has 0 amide bonds. The van der Waals surface area contributed by atoms with E-state index in [9.17, 15) is 4.79 Å². The average molecular weight is 350 g/mol. The predicted molar refractivity (Wildman–Crippen MR) is 102 cm³/mol. The Kier molecular flexibility index (Phi) is 4.29. The third kappa shape index (κ3) is 2.80. The van der Waals surface area contributed by atoms with Gasteiger partial charge in [0.25, 0.3) is 0 Å². The second-order valence-electron chi connectivity index (χ2n) is 7.09. The molecule has 1 N–H and O–H groups in total. The Morgan fingerprint density at radius 3 is 2.62 bits per heavy atom. The summed E-state index contributed by atoms with van der Waals surface area (Å²) >= 11 is 0. The molecule has 0 radical (unpaired) electrons. The topological polar surface area (TPSA) is 43.9 Å². The van der Waals surface area contributed by atoms with E-state index in [1.54, 1.807) is 0 Å². The fourth-order valence-electron chi connectivity index (χ4n) is 3.97. The van der Waals surface area contributed by atoms with Gasteiger partial charge in [-0.25, -0.2) is 4.79 Å². The summed E-state index contributed by atoms with van der Waals surface area (Å²) in [7, 11) is 0. The molecule has 134 valence electrons. The average Bonchev–Trinajstić information content (AvgIpc) is 2.64. The van der Waals surface area contributed by atoms with Crippen molar-refractivity contribution < 1.29 is 14.1 Å². The highest BCUT2D eigenvalue weighted by Gasteiger charge is 2.25. The van der Waals surface area contributed by atoms with E-state index in [0.717, 1.165) is 40.9 Å². The third-order valence-electron chi connectivity index (χ3n) is 5.35. The van der Waals surface area contributed by atoms with Crippen molar-refractivity contribution in [3.63, 3.8) is 0 Å². The Labute approximate surface area is 153 Å². The SMILES string of the molecule is CCc1c(C)c2cc3c(c(C)c2oc1=O)OC[NH+](Cc1ccccc1)C3. The number of benzene rings is 2. The van der Waals surface area contributed by atoms with E-state index < -0.39 is 0 Å². The van der Waals surface area contributed by atoms with Gasteiger partial charge in [0, 0.05) is 27.6 Å². The first-order chi connectivity index (χ1) is 12.6. The molecular weight excluding hydrogens is 326 g/mol. The number of aryl methyl sites for hydroxylation is 2. The molecule has 0 bridgehead atoms. The standard InChI is InChI=1S/C22H23NO3/c1-4-18-14(2)19-10-17-12-23(11-16-8-6-5-7-9-16)13-25-20(17)15(3)21(19)26-22(18)24/h5-10H,4,11-13H2,1-3H3/p+1. The van der Waals surface area contributed by atoms with Crippen LogP contribution in [0.1, 0.15) is 34.7 Å². The van der Waals surface area contributed by atoms with Gasteiger partial charge in [0.2, 0.25) is 6.73 Å². The van der Waals surface area contributed by atoms with Crippen LogP contribution in [0.3, 0.4) is 0 Å². The van der Waals surface area contributed by atoms with Crippen LogP contribution < -0.4 is 15.3 Å². The van der Waals surface area contributed by atoms with Crippen molar-refractivity contribution >= 4 is 11.0 Å². The summed E-state index contributed by atoms with van der Waals surface area (Å²) in [5.74, 6) is 0.876. The molecule has 1 unspecified atom stereocenters. The van der Waals surface area contributed by atoms with Gasteiger partial charge >= 0.3 is 5.63 Å². The summed E-state index contributed by atoms with van der Waals surface area (Å²) in [6.07, 6.45) is 0.683. The maximum Gasteiger partial charge on any atom is 0.339 e. The zero-order valence-corrected chi connectivity index (χ0v) is 15.5. The Morgan fingerprint density at radius 1 is 1.12 bits per heavy atom. The number of ether oxygens (including phenoxy) is 1. The van der Waals surface area contributed by atoms with E-state index >= 15 is 0 Å². The first kappa shape index (κ1) is 16.9. The lowest BCUT2D eigenvalue weighted by atomic mass is 9.98. The Hall–Kier alpha value is -2.59. The third-order valence-corrected chi connectivity index (χ3v) is 5.35. The van der Waals surface area contributed by atoms with E-state index in [-0.39, 0.29) is 5.63 Å². The maximum atomic E-state index is 12.2. The van der Waals surface area contributed by atoms with Gasteiger partial charge in [0.05, 0.1) is 0 Å². The molecule has 0 spiro atoms. The normalized spacial score (nSPS) is 16.3. The lowest BCUT2D eigenvalue weighted by Crippen LogP contribution is -3.10. The van der Waals surface area contributed by atoms with Gasteiger partial charge in [-0.05, 0) is 31.9 Å². The molecule has 3 aromatic rings. The zero-order chi connectivity index (χ0) is 18.3. The fraction of sp³-hybridized carbons (Fsp3) is 0.318. The second kappa shape index (κ2) is 6.61. The van der Waals surface area contributed by atoms with Crippen molar-refractivity contribution in [3.05, 3.63) is 74.6 Å². The van der Waals surface area contributed by atoms with Crippen LogP contribution >= 0.6 is 0 Å². The van der Waals surface area contributed by atoms with E-state index in [2.05, 4.69) is 30.3 Å². The minimum Gasteiger partial charge on any atom is -0.444 e. The first-order valence-corrected chi connectivity index (χ1v) is 9.17. The largest absolute Gasteiger partial charge is 0.444 e. The monoisotopic (exact) mass is 350 g/mol. The van der Waals surface area contributed by atoms with Crippen LogP contribution in [0, 0.1) is 13.8 Å². The smallest absolute Gasteiger partial charge is 0.339 e. The molecule has 2 heterocycles. The van der Waals surface area contributed by atoms with Crippen molar-refractivity contribution in [1.29, 1.82) is 0 Å². The van der Waals surface area contributed by atoms with Crippen LogP contribution in [0.15, 0.2) is 45.6 Å². The summed E-state index contributed by atoms with van der Waals surface area (Å²) in [6, 6.07) is 12.6. The van der Waals surface area contributed by atoms with Gasteiger partial charge < -0.3 is 9.15 Å². The van der Waals surface area contributed by atoms with Crippen molar-refractivity contribution in [2.24, 2.45) is 0 Å². The quantitative estimate of drug-likeness (QED) is 0.739. The van der Waals surface area contributed by atoms with E-state index in [4.69, 9.17) is 9.15 Å². The number of hydrogen-bond donors (Lipinski definition) is 1. The van der Waals surface area contributed by atoms with Crippen LogP contribution in [0.4, 0.5) is 0 Å². The van der Waals surface area contributed by atoms with Crippen molar-refractivity contribution in [1.82, 2.24) is 0 Å². The lowest BCUT2D eigenvalue weighted by molar-refractivity contribution is -0.945. The highest BCUT2D eigenvalue weighted by molar-refractivity contribution is 5.87. The Bertz CT molecular complexity index is 1020. The number of quaternary nitrogens is 1. The Morgan fingerprint density at radius 2 is 1.88 bits per heavy atom.